The lowest BCUT2D eigenvalue weighted by atomic mass is 10.2. The van der Waals surface area contributed by atoms with Crippen molar-refractivity contribution in [3.05, 3.63) is 5.82 Å². The smallest absolute Gasteiger partial charge is 0.236 e. The summed E-state index contributed by atoms with van der Waals surface area (Å²) in [6.45, 7) is 8.95. The lowest BCUT2D eigenvalue weighted by Crippen LogP contribution is -2.48. The minimum Gasteiger partial charge on any atom is -0.393 e. The number of carbonyl (C=O) groups excluding carboxylic acids is 1. The highest BCUT2D eigenvalue weighted by Gasteiger charge is 2.23. The second-order valence-electron chi connectivity index (χ2n) is 6.01. The monoisotopic (exact) mass is 317 g/mol. The second kappa shape index (κ2) is 7.13. The van der Waals surface area contributed by atoms with Crippen molar-refractivity contribution >= 4 is 23.2 Å². The molecule has 0 aromatic carbocycles. The molecule has 3 N–H and O–H groups in total. The summed E-state index contributed by atoms with van der Waals surface area (Å²) in [4.78, 5) is 23.6. The van der Waals surface area contributed by atoms with Crippen LogP contribution in [0, 0.1) is 17.2 Å². The lowest BCUT2D eigenvalue weighted by molar-refractivity contribution is -0.129. The van der Waals surface area contributed by atoms with Crippen LogP contribution in [0.4, 0.5) is 17.3 Å². The van der Waals surface area contributed by atoms with Crippen LogP contribution in [0.1, 0.15) is 26.6 Å². The summed E-state index contributed by atoms with van der Waals surface area (Å²) in [5.74, 6) is 1.64. The maximum Gasteiger partial charge on any atom is 0.236 e. The van der Waals surface area contributed by atoms with Crippen molar-refractivity contribution < 1.29 is 4.79 Å². The van der Waals surface area contributed by atoms with Crippen LogP contribution >= 0.6 is 0 Å². The molecule has 1 amide bonds. The summed E-state index contributed by atoms with van der Waals surface area (Å²) in [6.07, 6.45) is 0. The summed E-state index contributed by atoms with van der Waals surface area (Å²) in [7, 11) is 0. The highest BCUT2D eigenvalue weighted by atomic mass is 16.2. The fraction of sp³-hybridized carbons (Fsp3) is 0.600. The Morgan fingerprint density at radius 3 is 2.52 bits per heavy atom. The Morgan fingerprint density at radius 2 is 2.00 bits per heavy atom. The van der Waals surface area contributed by atoms with Gasteiger partial charge in [0, 0.05) is 39.6 Å². The van der Waals surface area contributed by atoms with Gasteiger partial charge in [-0.15, -0.1) is 0 Å². The Morgan fingerprint density at radius 1 is 1.35 bits per heavy atom. The van der Waals surface area contributed by atoms with Crippen molar-refractivity contribution in [2.45, 2.75) is 20.8 Å². The number of amides is 1. The Hall–Kier alpha value is -2.56. The number of anilines is 3. The molecule has 1 aliphatic rings. The van der Waals surface area contributed by atoms with Gasteiger partial charge in [-0.1, -0.05) is 13.8 Å². The van der Waals surface area contributed by atoms with Gasteiger partial charge in [-0.05, 0) is 5.92 Å². The van der Waals surface area contributed by atoms with Crippen molar-refractivity contribution in [2.75, 3.05) is 48.7 Å². The van der Waals surface area contributed by atoms with Crippen LogP contribution < -0.4 is 16.0 Å². The zero-order valence-electron chi connectivity index (χ0n) is 13.8. The van der Waals surface area contributed by atoms with Crippen LogP contribution in [0.15, 0.2) is 0 Å². The van der Waals surface area contributed by atoms with Crippen LogP contribution in [0.3, 0.4) is 0 Å². The first-order valence-corrected chi connectivity index (χ1v) is 7.74. The number of hydrogen-bond acceptors (Lipinski definition) is 7. The molecule has 1 aromatic heterocycles. The molecule has 1 fully saturated rings. The van der Waals surface area contributed by atoms with Crippen molar-refractivity contribution in [3.63, 3.8) is 0 Å². The van der Waals surface area contributed by atoms with Gasteiger partial charge >= 0.3 is 0 Å². The first-order chi connectivity index (χ1) is 10.9. The fourth-order valence-electron chi connectivity index (χ4n) is 2.42. The first-order valence-electron chi connectivity index (χ1n) is 7.74. The fourth-order valence-corrected chi connectivity index (χ4v) is 2.42. The largest absolute Gasteiger partial charge is 0.393 e. The molecule has 1 aliphatic heterocycles. The molecule has 0 aliphatic carbocycles. The molecule has 0 saturated carbocycles. The van der Waals surface area contributed by atoms with E-state index in [9.17, 15) is 4.79 Å². The van der Waals surface area contributed by atoms with Crippen molar-refractivity contribution in [1.29, 1.82) is 5.26 Å². The molecule has 0 bridgehead atoms. The Balaban J connectivity index is 2.23. The molecule has 0 atom stereocenters. The lowest BCUT2D eigenvalue weighted by Gasteiger charge is -2.35. The van der Waals surface area contributed by atoms with Crippen LogP contribution in [-0.2, 0) is 4.79 Å². The predicted molar refractivity (Wildman–Crippen MR) is 89.0 cm³/mol. The molecule has 0 spiro atoms. The number of nitrogen functional groups attached to an aromatic ring is 1. The molecule has 1 saturated heterocycles. The molecule has 23 heavy (non-hydrogen) atoms. The van der Waals surface area contributed by atoms with E-state index < -0.39 is 0 Å². The maximum atomic E-state index is 11.4. The first kappa shape index (κ1) is 16.8. The van der Waals surface area contributed by atoms with E-state index >= 15 is 0 Å². The molecule has 8 nitrogen and oxygen atoms in total. The number of aromatic nitrogens is 2. The van der Waals surface area contributed by atoms with Crippen LogP contribution in [0.5, 0.6) is 0 Å². The SMILES string of the molecule is CC(=O)N1CCN(c2nc(C#N)nc(NCC(C)C)c2N)CC1. The summed E-state index contributed by atoms with van der Waals surface area (Å²) >= 11 is 0. The quantitative estimate of drug-likeness (QED) is 0.839. The van der Waals surface area contributed by atoms with Crippen LogP contribution in [-0.4, -0.2) is 53.5 Å². The Kier molecular flexibility index (Phi) is 5.21. The summed E-state index contributed by atoms with van der Waals surface area (Å²) in [5, 5.41) is 12.3. The molecule has 124 valence electrons. The number of nitriles is 1. The third kappa shape index (κ3) is 4.00. The number of nitrogens with zero attached hydrogens (tertiary/aromatic N) is 5. The molecular weight excluding hydrogens is 294 g/mol. The van der Waals surface area contributed by atoms with Crippen LogP contribution in [0.2, 0.25) is 0 Å². The van der Waals surface area contributed by atoms with Gasteiger partial charge in [0.2, 0.25) is 11.7 Å². The van der Waals surface area contributed by atoms with Crippen molar-refractivity contribution in [1.82, 2.24) is 14.9 Å². The zero-order chi connectivity index (χ0) is 17.0. The van der Waals surface area contributed by atoms with E-state index in [1.54, 1.807) is 11.8 Å². The van der Waals surface area contributed by atoms with E-state index in [1.807, 2.05) is 11.0 Å². The standard InChI is InChI=1S/C15H23N7O/c1-10(2)9-18-14-13(17)15(20-12(8-16)19-14)22-6-4-21(5-7-22)11(3)23/h10H,4-7,9,17H2,1-3H3,(H,18,19,20). The van der Waals surface area contributed by atoms with E-state index in [-0.39, 0.29) is 11.7 Å². The summed E-state index contributed by atoms with van der Waals surface area (Å²) in [5.41, 5.74) is 6.64. The third-order valence-electron chi connectivity index (χ3n) is 3.73. The van der Waals surface area contributed by atoms with Gasteiger partial charge < -0.3 is 20.9 Å². The van der Waals surface area contributed by atoms with Gasteiger partial charge in [-0.3, -0.25) is 4.79 Å². The topological polar surface area (TPSA) is 111 Å². The van der Waals surface area contributed by atoms with E-state index in [1.165, 1.54) is 0 Å². The number of carbonyl (C=O) groups is 1. The molecule has 2 rings (SSSR count). The van der Waals surface area contributed by atoms with Crippen LogP contribution in [0.25, 0.3) is 0 Å². The van der Waals surface area contributed by atoms with E-state index in [4.69, 9.17) is 11.0 Å². The highest BCUT2D eigenvalue weighted by Crippen LogP contribution is 2.28. The number of piperazine rings is 1. The van der Waals surface area contributed by atoms with Gasteiger partial charge in [-0.2, -0.15) is 15.2 Å². The van der Waals surface area contributed by atoms with Crippen molar-refractivity contribution in [2.24, 2.45) is 5.92 Å². The predicted octanol–water partition coefficient (Wildman–Crippen LogP) is 0.667. The summed E-state index contributed by atoms with van der Waals surface area (Å²) < 4.78 is 0. The molecule has 8 heteroatoms. The maximum absolute atomic E-state index is 11.4. The van der Waals surface area contributed by atoms with Gasteiger partial charge in [-0.25, -0.2) is 0 Å². The number of rotatable bonds is 4. The normalized spacial score (nSPS) is 14.7. The van der Waals surface area contributed by atoms with Gasteiger partial charge in [0.15, 0.2) is 11.6 Å². The average Bonchev–Trinajstić information content (AvgIpc) is 2.54. The molecule has 2 heterocycles. The summed E-state index contributed by atoms with van der Waals surface area (Å²) in [6, 6.07) is 1.98. The Labute approximate surface area is 136 Å². The number of nitrogens with one attached hydrogen (secondary N) is 1. The molecule has 0 unspecified atom stereocenters. The minimum absolute atomic E-state index is 0.0670. The van der Waals surface area contributed by atoms with Gasteiger partial charge in [0.1, 0.15) is 11.8 Å². The molecular formula is C15H23N7O. The average molecular weight is 317 g/mol. The number of hydrogen-bond donors (Lipinski definition) is 2. The van der Waals surface area contributed by atoms with E-state index in [0.29, 0.717) is 56.0 Å². The second-order valence-corrected chi connectivity index (χ2v) is 6.01. The molecule has 1 aromatic rings. The highest BCUT2D eigenvalue weighted by molar-refractivity contribution is 5.77. The Bertz CT molecular complexity index is 615. The molecule has 0 radical (unpaired) electrons. The van der Waals surface area contributed by atoms with Gasteiger partial charge in [0.25, 0.3) is 0 Å². The zero-order valence-corrected chi connectivity index (χ0v) is 13.8. The van der Waals surface area contributed by atoms with Crippen molar-refractivity contribution in [3.8, 4) is 6.07 Å². The van der Waals surface area contributed by atoms with Gasteiger partial charge in [0.05, 0.1) is 0 Å². The number of nitrogens with two attached hydrogens (primary N) is 1. The van der Waals surface area contributed by atoms with E-state index in [0.717, 1.165) is 0 Å². The minimum atomic E-state index is 0.0670. The third-order valence-corrected chi connectivity index (χ3v) is 3.73. The van der Waals surface area contributed by atoms with E-state index in [2.05, 4.69) is 29.1 Å².